The largest absolute Gasteiger partial charge is 0.388 e. The number of nitrogens with zero attached hydrogens (tertiary/aromatic N) is 4. The van der Waals surface area contributed by atoms with E-state index < -0.39 is 0 Å². The van der Waals surface area contributed by atoms with Crippen molar-refractivity contribution in [2.75, 3.05) is 91.5 Å². The Labute approximate surface area is 360 Å². The molecule has 1 atom stereocenters. The molecule has 1 unspecified atom stereocenters. The Morgan fingerprint density at radius 1 is 0.898 bits per heavy atom. The van der Waals surface area contributed by atoms with Crippen molar-refractivity contribution in [3.05, 3.63) is 90.2 Å². The SMILES string of the molecule is C=CNC/C=C/C.CC.CC.CC=O.CN.CNN(C)CCCc1ccc(N2CC(CN3CCC(C(CN4CCC4)(c4cccc(F)c4)C4CCCC4)CC3)C2)c(F)c1. The van der Waals surface area contributed by atoms with Crippen molar-refractivity contribution >= 4 is 12.0 Å². The van der Waals surface area contributed by atoms with Gasteiger partial charge in [0, 0.05) is 57.6 Å². The summed E-state index contributed by atoms with van der Waals surface area (Å²) in [5, 5.41) is 4.98. The third-order valence-electron chi connectivity index (χ3n) is 12.0. The lowest BCUT2D eigenvalue weighted by Gasteiger charge is -2.53. The van der Waals surface area contributed by atoms with Gasteiger partial charge in [-0.3, -0.25) is 5.43 Å². The fraction of sp³-hybridized carbons (Fsp3) is 0.653. The molecule has 3 saturated heterocycles. The first-order chi connectivity index (χ1) is 28.8. The van der Waals surface area contributed by atoms with Gasteiger partial charge in [0.15, 0.2) is 0 Å². The number of rotatable bonds is 16. The van der Waals surface area contributed by atoms with E-state index in [-0.39, 0.29) is 17.0 Å². The Hall–Kier alpha value is -3.15. The third kappa shape index (κ3) is 17.4. The number of halogens is 2. The van der Waals surface area contributed by atoms with Gasteiger partial charge in [0.2, 0.25) is 0 Å². The summed E-state index contributed by atoms with van der Waals surface area (Å²) in [6.45, 7) is 25.5. The molecule has 2 aromatic carbocycles. The monoisotopic (exact) mass is 826 g/mol. The van der Waals surface area contributed by atoms with Gasteiger partial charge >= 0.3 is 0 Å². The molecule has 3 heterocycles. The van der Waals surface area contributed by atoms with Crippen LogP contribution in [0, 0.1) is 29.4 Å². The number of nitrogens with two attached hydrogens (primary N) is 1. The number of nitrogens with one attached hydrogen (secondary N) is 2. The van der Waals surface area contributed by atoms with E-state index in [1.54, 1.807) is 18.3 Å². The molecule has 0 radical (unpaired) electrons. The molecule has 6 rings (SSSR count). The lowest BCUT2D eigenvalue weighted by Crippen LogP contribution is -2.57. The molecule has 59 heavy (non-hydrogen) atoms. The number of carbonyl (C=O) groups is 1. The fourth-order valence-corrected chi connectivity index (χ4v) is 9.02. The quantitative estimate of drug-likeness (QED) is 0.0670. The molecule has 0 bridgehead atoms. The van der Waals surface area contributed by atoms with Crippen LogP contribution in [0.5, 0.6) is 0 Å². The number of aldehydes is 1. The van der Waals surface area contributed by atoms with Crippen LogP contribution in [0.4, 0.5) is 14.5 Å². The van der Waals surface area contributed by atoms with Gasteiger partial charge in [0.1, 0.15) is 17.9 Å². The predicted molar refractivity (Wildman–Crippen MR) is 250 cm³/mol. The van der Waals surface area contributed by atoms with Crippen LogP contribution in [0.1, 0.15) is 104 Å². The maximum absolute atomic E-state index is 15.0. The van der Waals surface area contributed by atoms with Gasteiger partial charge in [-0.2, -0.15) is 0 Å². The van der Waals surface area contributed by atoms with Crippen molar-refractivity contribution in [1.82, 2.24) is 25.6 Å². The number of benzene rings is 2. The summed E-state index contributed by atoms with van der Waals surface area (Å²) in [5.74, 6) is 1.68. The lowest BCUT2D eigenvalue weighted by atomic mass is 9.58. The summed E-state index contributed by atoms with van der Waals surface area (Å²) in [7, 11) is 5.44. The molecule has 1 saturated carbocycles. The summed E-state index contributed by atoms with van der Waals surface area (Å²) in [6.07, 6.45) is 17.2. The van der Waals surface area contributed by atoms with Crippen molar-refractivity contribution in [2.45, 2.75) is 105 Å². The summed E-state index contributed by atoms with van der Waals surface area (Å²) < 4.78 is 29.7. The van der Waals surface area contributed by atoms with Crippen LogP contribution in [-0.2, 0) is 16.6 Å². The Kier molecular flexibility index (Phi) is 28.9. The average molecular weight is 826 g/mol. The Bertz CT molecular complexity index is 1400. The second kappa shape index (κ2) is 31.7. The first-order valence-corrected chi connectivity index (χ1v) is 22.8. The van der Waals surface area contributed by atoms with Crippen molar-refractivity contribution in [2.24, 2.45) is 23.5 Å². The minimum Gasteiger partial charge on any atom is -0.388 e. The molecule has 0 aromatic heterocycles. The Balaban J connectivity index is 0.000000945. The zero-order chi connectivity index (χ0) is 44.1. The minimum atomic E-state index is -0.0844. The van der Waals surface area contributed by atoms with Gasteiger partial charge in [0.05, 0.1) is 5.69 Å². The smallest absolute Gasteiger partial charge is 0.146 e. The first-order valence-electron chi connectivity index (χ1n) is 22.8. The fourth-order valence-electron chi connectivity index (χ4n) is 9.02. The highest BCUT2D eigenvalue weighted by Gasteiger charge is 2.49. The number of allylic oxidation sites excluding steroid dienone is 1. The van der Waals surface area contributed by atoms with Crippen LogP contribution in [0.2, 0.25) is 0 Å². The van der Waals surface area contributed by atoms with E-state index in [0.29, 0.717) is 17.8 Å². The number of hydrogen-bond donors (Lipinski definition) is 3. The van der Waals surface area contributed by atoms with Crippen molar-refractivity contribution < 1.29 is 13.6 Å². The van der Waals surface area contributed by atoms with Crippen LogP contribution >= 0.6 is 0 Å². The molecule has 1 aliphatic carbocycles. The van der Waals surface area contributed by atoms with E-state index in [1.807, 2.05) is 79.1 Å². The summed E-state index contributed by atoms with van der Waals surface area (Å²) in [5.41, 5.74) is 10.8. The molecule has 10 heteroatoms. The van der Waals surface area contributed by atoms with E-state index in [0.717, 1.165) is 82.7 Å². The Morgan fingerprint density at radius 3 is 2.05 bits per heavy atom. The molecule has 4 aliphatic rings. The molecular weight excluding hydrogens is 741 g/mol. The number of anilines is 1. The number of likely N-dealkylation sites (tertiary alicyclic amines) is 2. The maximum Gasteiger partial charge on any atom is 0.146 e. The number of carbonyl (C=O) groups excluding carboxylic acids is 1. The topological polar surface area (TPSA) is 80.1 Å². The number of hydrazine groups is 1. The molecule has 8 nitrogen and oxygen atoms in total. The zero-order valence-corrected chi connectivity index (χ0v) is 38.8. The lowest BCUT2D eigenvalue weighted by molar-refractivity contribution is -0.106. The van der Waals surface area contributed by atoms with Gasteiger partial charge in [0.25, 0.3) is 0 Å². The first kappa shape index (κ1) is 53.9. The molecule has 4 N–H and O–H groups in total. The second-order valence-corrected chi connectivity index (χ2v) is 15.5. The summed E-state index contributed by atoms with van der Waals surface area (Å²) in [6, 6.07) is 13.5. The minimum absolute atomic E-state index is 0.0604. The molecule has 0 spiro atoms. The van der Waals surface area contributed by atoms with Crippen molar-refractivity contribution in [1.29, 1.82) is 0 Å². The van der Waals surface area contributed by atoms with E-state index >= 15 is 4.39 Å². The summed E-state index contributed by atoms with van der Waals surface area (Å²) >= 11 is 0. The van der Waals surface area contributed by atoms with Crippen LogP contribution in [0.15, 0.2) is 67.4 Å². The maximum atomic E-state index is 15.0. The Morgan fingerprint density at radius 2 is 1.53 bits per heavy atom. The van der Waals surface area contributed by atoms with Gasteiger partial charge in [-0.1, -0.05) is 77.5 Å². The molecule has 2 aromatic rings. The number of aryl methyl sites for hydroxylation is 1. The predicted octanol–water partition coefficient (Wildman–Crippen LogP) is 9.07. The highest BCUT2D eigenvalue weighted by molar-refractivity contribution is 5.51. The summed E-state index contributed by atoms with van der Waals surface area (Å²) in [4.78, 5) is 16.3. The third-order valence-corrected chi connectivity index (χ3v) is 12.0. The van der Waals surface area contributed by atoms with Gasteiger partial charge in [-0.25, -0.2) is 13.8 Å². The van der Waals surface area contributed by atoms with E-state index in [9.17, 15) is 4.39 Å². The molecule has 3 aliphatic heterocycles. The van der Waals surface area contributed by atoms with E-state index in [4.69, 9.17) is 4.79 Å². The van der Waals surface area contributed by atoms with Crippen LogP contribution in [-0.4, -0.2) is 108 Å². The van der Waals surface area contributed by atoms with Crippen LogP contribution in [0.3, 0.4) is 0 Å². The van der Waals surface area contributed by atoms with Crippen LogP contribution in [0.25, 0.3) is 0 Å². The van der Waals surface area contributed by atoms with Gasteiger partial charge in [-0.05, 0) is 152 Å². The second-order valence-electron chi connectivity index (χ2n) is 15.5. The van der Waals surface area contributed by atoms with Crippen molar-refractivity contribution in [3.8, 4) is 0 Å². The van der Waals surface area contributed by atoms with Gasteiger partial charge < -0.3 is 30.5 Å². The van der Waals surface area contributed by atoms with E-state index in [2.05, 4.69) is 54.9 Å². The zero-order valence-electron chi connectivity index (χ0n) is 38.8. The molecule has 336 valence electrons. The average Bonchev–Trinajstić information content (AvgIpc) is 3.78. The normalized spacial score (nSPS) is 18.1. The molecular formula is C49H85F2N7O. The van der Waals surface area contributed by atoms with Crippen LogP contribution < -0.4 is 21.4 Å². The number of hydrogen-bond acceptors (Lipinski definition) is 8. The number of piperidine rings is 1. The standard InChI is InChI=1S/C36H53F2N5.C6H11N.C2H4O.2C2H6.CH5N/c1-39-40(2)17-6-8-28-13-14-35(34(38)22-28)43-25-29(26-43)24-41-20-15-31(16-21-41)36(27-42-18-7-19-42,30-9-3-4-10-30)32-11-5-12-33(37)23-32;1-3-5-6-7-4-2;1-2-3;3*1-2/h5,11-14,22-23,29-31,39H,3-4,6-10,15-21,24-27H2,1-2H3;3-5,7H,2,6H2,1H3;2H,1H3;2*1-2H3;2H2,1H3/b;5-3+;;;;. The molecule has 0 amide bonds. The highest BCUT2D eigenvalue weighted by atomic mass is 19.1. The van der Waals surface area contributed by atoms with Crippen molar-refractivity contribution in [3.63, 3.8) is 0 Å². The van der Waals surface area contributed by atoms with Gasteiger partial charge in [-0.15, -0.1) is 0 Å². The highest BCUT2D eigenvalue weighted by Crippen LogP contribution is 2.51. The van der Waals surface area contributed by atoms with E-state index in [1.165, 1.54) is 77.6 Å². The molecule has 4 fully saturated rings.